The van der Waals surface area contributed by atoms with Gasteiger partial charge < -0.3 is 10.2 Å². The molecule has 0 spiro atoms. The van der Waals surface area contributed by atoms with Crippen molar-refractivity contribution in [2.75, 3.05) is 10.8 Å². The van der Waals surface area contributed by atoms with E-state index < -0.39 is 28.5 Å². The van der Waals surface area contributed by atoms with Crippen LogP contribution in [0.25, 0.3) is 0 Å². The van der Waals surface area contributed by atoms with Gasteiger partial charge in [-0.3, -0.25) is 13.9 Å². The molecule has 0 radical (unpaired) electrons. The van der Waals surface area contributed by atoms with Crippen LogP contribution in [0.15, 0.2) is 108 Å². The van der Waals surface area contributed by atoms with Crippen molar-refractivity contribution in [3.05, 3.63) is 130 Å². The smallest absolute Gasteiger partial charge is 0.264 e. The van der Waals surface area contributed by atoms with E-state index in [-0.39, 0.29) is 29.8 Å². The fourth-order valence-electron chi connectivity index (χ4n) is 5.19. The molecule has 0 aliphatic rings. The summed E-state index contributed by atoms with van der Waals surface area (Å²) in [6.07, 6.45) is 1.52. The number of nitrogens with one attached hydrogen (secondary N) is 1. The topological polar surface area (TPSA) is 86.8 Å². The van der Waals surface area contributed by atoms with Gasteiger partial charge in [0.2, 0.25) is 11.8 Å². The van der Waals surface area contributed by atoms with Crippen LogP contribution >= 0.6 is 11.6 Å². The number of nitrogens with zero attached hydrogens (tertiary/aromatic N) is 2. The maximum Gasteiger partial charge on any atom is 0.264 e. The summed E-state index contributed by atoms with van der Waals surface area (Å²) >= 11 is 6.17. The molecule has 0 saturated carbocycles. The number of carbonyl (C=O) groups is 2. The van der Waals surface area contributed by atoms with Crippen molar-refractivity contribution in [3.8, 4) is 0 Å². The van der Waals surface area contributed by atoms with Crippen LogP contribution in [0.4, 0.5) is 5.69 Å². The predicted octanol–water partition coefficient (Wildman–Crippen LogP) is 6.96. The molecule has 0 heterocycles. The minimum absolute atomic E-state index is 0.0786. The van der Waals surface area contributed by atoms with Gasteiger partial charge in [-0.05, 0) is 73.7 Å². The van der Waals surface area contributed by atoms with E-state index in [0.717, 1.165) is 22.3 Å². The summed E-state index contributed by atoms with van der Waals surface area (Å²) in [7, 11) is -4.17. The molecule has 4 rings (SSSR count). The van der Waals surface area contributed by atoms with Crippen LogP contribution in [-0.4, -0.2) is 43.8 Å². The Balaban J connectivity index is 1.83. The standard InChI is InChI=1S/C37H42ClN3O4S/c1-5-28(4)39-37(43)35(24-29-12-8-7-9-13-29)40(25-30-18-20-32(38)21-19-30)36(42)26-41(34-15-11-10-14-31(34)6-2)46(44,45)33-22-16-27(3)17-23-33/h7-23,28,35H,5-6,24-26H2,1-4H3,(H,39,43)/t28-,35-/m1/s1. The number of hydrogen-bond acceptors (Lipinski definition) is 4. The second-order valence-electron chi connectivity index (χ2n) is 11.5. The third-order valence-corrected chi connectivity index (χ3v) is 10.1. The van der Waals surface area contributed by atoms with Crippen LogP contribution in [0, 0.1) is 6.92 Å². The highest BCUT2D eigenvalue weighted by atomic mass is 35.5. The number of para-hydroxylation sites is 1. The van der Waals surface area contributed by atoms with Crippen LogP contribution < -0.4 is 9.62 Å². The molecule has 46 heavy (non-hydrogen) atoms. The molecular formula is C37H42ClN3O4S. The summed E-state index contributed by atoms with van der Waals surface area (Å²) in [5, 5.41) is 3.60. The molecule has 2 atom stereocenters. The largest absolute Gasteiger partial charge is 0.352 e. The summed E-state index contributed by atoms with van der Waals surface area (Å²) in [6.45, 7) is 7.31. The van der Waals surface area contributed by atoms with E-state index in [1.165, 1.54) is 9.21 Å². The molecular weight excluding hydrogens is 618 g/mol. The van der Waals surface area contributed by atoms with Gasteiger partial charge in [0.1, 0.15) is 12.6 Å². The van der Waals surface area contributed by atoms with Crippen LogP contribution in [-0.2, 0) is 39.0 Å². The molecule has 0 bridgehead atoms. The Hall–Kier alpha value is -4.14. The summed E-state index contributed by atoms with van der Waals surface area (Å²) in [5.74, 6) is -0.806. The molecule has 0 fully saturated rings. The molecule has 2 amide bonds. The minimum Gasteiger partial charge on any atom is -0.352 e. The van der Waals surface area contributed by atoms with E-state index in [0.29, 0.717) is 23.6 Å². The molecule has 0 saturated heterocycles. The maximum atomic E-state index is 14.6. The Morgan fingerprint density at radius 3 is 2.09 bits per heavy atom. The van der Waals surface area contributed by atoms with Crippen LogP contribution in [0.3, 0.4) is 0 Å². The predicted molar refractivity (Wildman–Crippen MR) is 185 cm³/mol. The monoisotopic (exact) mass is 659 g/mol. The number of amides is 2. The lowest BCUT2D eigenvalue weighted by atomic mass is 10.0. The molecule has 7 nitrogen and oxygen atoms in total. The molecule has 0 unspecified atom stereocenters. The highest BCUT2D eigenvalue weighted by Crippen LogP contribution is 2.29. The maximum absolute atomic E-state index is 14.6. The van der Waals surface area contributed by atoms with Gasteiger partial charge in [-0.2, -0.15) is 0 Å². The van der Waals surface area contributed by atoms with E-state index in [9.17, 15) is 18.0 Å². The fraction of sp³-hybridized carbons (Fsp3) is 0.297. The van der Waals surface area contributed by atoms with Gasteiger partial charge in [0.25, 0.3) is 10.0 Å². The van der Waals surface area contributed by atoms with Crippen molar-refractivity contribution in [2.24, 2.45) is 0 Å². The SMILES string of the molecule is CCc1ccccc1N(CC(=O)N(Cc1ccc(Cl)cc1)[C@H](Cc1ccccc1)C(=O)N[C@H](C)CC)S(=O)(=O)c1ccc(C)cc1. The molecule has 1 N–H and O–H groups in total. The lowest BCUT2D eigenvalue weighted by Crippen LogP contribution is -2.54. The van der Waals surface area contributed by atoms with Crippen molar-refractivity contribution < 1.29 is 18.0 Å². The van der Waals surface area contributed by atoms with E-state index in [1.54, 1.807) is 48.5 Å². The quantitative estimate of drug-likeness (QED) is 0.159. The zero-order chi connectivity index (χ0) is 33.3. The number of benzene rings is 4. The zero-order valence-corrected chi connectivity index (χ0v) is 28.4. The minimum atomic E-state index is -4.17. The van der Waals surface area contributed by atoms with Gasteiger partial charge in [-0.1, -0.05) is 104 Å². The van der Waals surface area contributed by atoms with Gasteiger partial charge in [0.15, 0.2) is 0 Å². The highest BCUT2D eigenvalue weighted by molar-refractivity contribution is 7.92. The third kappa shape index (κ3) is 8.77. The lowest BCUT2D eigenvalue weighted by Gasteiger charge is -2.34. The van der Waals surface area contributed by atoms with Gasteiger partial charge in [-0.15, -0.1) is 0 Å². The first-order valence-corrected chi connectivity index (χ1v) is 17.4. The molecule has 4 aromatic rings. The Labute approximate surface area is 278 Å². The number of anilines is 1. The van der Waals surface area contributed by atoms with Gasteiger partial charge in [-0.25, -0.2) is 8.42 Å². The van der Waals surface area contributed by atoms with E-state index in [4.69, 9.17) is 11.6 Å². The second-order valence-corrected chi connectivity index (χ2v) is 13.8. The number of carbonyl (C=O) groups excluding carboxylic acids is 2. The van der Waals surface area contributed by atoms with Crippen LogP contribution in [0.2, 0.25) is 5.02 Å². The molecule has 0 aliphatic carbocycles. The van der Waals surface area contributed by atoms with Crippen LogP contribution in [0.5, 0.6) is 0 Å². The van der Waals surface area contributed by atoms with E-state index in [2.05, 4.69) is 5.32 Å². The second kappa shape index (κ2) is 15.9. The first kappa shape index (κ1) is 34.7. The Morgan fingerprint density at radius 1 is 0.826 bits per heavy atom. The van der Waals surface area contributed by atoms with Crippen LogP contribution in [0.1, 0.15) is 49.4 Å². The Kier molecular flexibility index (Phi) is 12.0. The Morgan fingerprint density at radius 2 is 1.46 bits per heavy atom. The summed E-state index contributed by atoms with van der Waals surface area (Å²) in [4.78, 5) is 30.2. The van der Waals surface area contributed by atoms with Crippen molar-refractivity contribution in [1.29, 1.82) is 0 Å². The summed E-state index contributed by atoms with van der Waals surface area (Å²) < 4.78 is 29.8. The number of rotatable bonds is 14. The average Bonchev–Trinajstić information content (AvgIpc) is 3.06. The summed E-state index contributed by atoms with van der Waals surface area (Å²) in [5.41, 5.74) is 3.76. The van der Waals surface area contributed by atoms with Gasteiger partial charge in [0.05, 0.1) is 10.6 Å². The number of aryl methyl sites for hydroxylation is 2. The molecule has 0 aromatic heterocycles. The zero-order valence-electron chi connectivity index (χ0n) is 26.8. The number of hydrogen-bond donors (Lipinski definition) is 1. The van der Waals surface area contributed by atoms with Gasteiger partial charge >= 0.3 is 0 Å². The first-order valence-electron chi connectivity index (χ1n) is 15.6. The number of halogens is 1. The third-order valence-electron chi connectivity index (χ3n) is 8.07. The molecule has 9 heteroatoms. The van der Waals surface area contributed by atoms with Crippen molar-refractivity contribution in [2.45, 2.75) is 70.5 Å². The van der Waals surface area contributed by atoms with Crippen molar-refractivity contribution >= 4 is 39.1 Å². The normalized spacial score (nSPS) is 12.6. The molecule has 0 aliphatic heterocycles. The van der Waals surface area contributed by atoms with Crippen molar-refractivity contribution in [3.63, 3.8) is 0 Å². The first-order chi connectivity index (χ1) is 22.0. The van der Waals surface area contributed by atoms with Gasteiger partial charge in [0, 0.05) is 24.0 Å². The summed E-state index contributed by atoms with van der Waals surface area (Å²) in [6, 6.07) is 29.3. The fourth-order valence-corrected chi connectivity index (χ4v) is 6.76. The van der Waals surface area contributed by atoms with E-state index >= 15 is 0 Å². The molecule has 4 aromatic carbocycles. The Bertz CT molecular complexity index is 1710. The lowest BCUT2D eigenvalue weighted by molar-refractivity contribution is -0.140. The average molecular weight is 660 g/mol. The number of sulfonamides is 1. The molecule has 242 valence electrons. The van der Waals surface area contributed by atoms with Crippen molar-refractivity contribution in [1.82, 2.24) is 10.2 Å². The highest BCUT2D eigenvalue weighted by Gasteiger charge is 2.35. The van der Waals surface area contributed by atoms with E-state index in [1.807, 2.05) is 82.3 Å².